The number of piperidine rings is 4. The molecule has 0 radical (unpaired) electrons. The average Bonchev–Trinajstić information content (AvgIpc) is 1.11. The topological polar surface area (TPSA) is 278 Å². The SMILES string of the molecule is C=C=C=C=C=C=C=C=C=C=C=C=C=C=C=C=C=C.CC(C)(C)OC(=O)N1CCC2(C=C(c3ccc(/C(N)=N/O)cc3)c3ccccc3O2)CC1.Cc1nc(-c2ccc(C3=CC4(CCN(C(=O)OC(C)(C)C)CC4)Oc4ccccc43)cc2)no1.Cc1nc(-c2ccc(C3=CC4(CCNCC4)Oc4ccccc43)cc2)no1.[C-]#[N+]c1ccc(C2=CC3(CCN(C(=O)OC(C)(C)C)CC3)Oc3ccccc32)cc1. The van der Waals surface area contributed by atoms with Crippen LogP contribution in [0.5, 0.6) is 23.0 Å². The molecule has 710 valence electrons. The highest BCUT2D eigenvalue weighted by atomic mass is 16.6. The molecule has 2 aromatic heterocycles. The molecule has 10 heterocycles. The summed E-state index contributed by atoms with van der Waals surface area (Å²) >= 11 is 0. The lowest BCUT2D eigenvalue weighted by molar-refractivity contribution is -0.00233. The summed E-state index contributed by atoms with van der Waals surface area (Å²) in [4.78, 5) is 54.9. The Balaban J connectivity index is 0.000000142. The third-order valence-electron chi connectivity index (χ3n) is 23.7. The number of carbonyl (C=O) groups excluding carboxylic acids is 3. The van der Waals surface area contributed by atoms with Gasteiger partial charge < -0.3 is 73.2 Å². The van der Waals surface area contributed by atoms with Crippen LogP contribution < -0.4 is 30.0 Å². The summed E-state index contributed by atoms with van der Waals surface area (Å²) in [5.41, 5.74) is 58.2. The number of nitrogens with two attached hydrogens (primary N) is 1. The van der Waals surface area contributed by atoms with E-state index < -0.39 is 33.6 Å². The minimum absolute atomic E-state index is 0.0730. The summed E-state index contributed by atoms with van der Waals surface area (Å²) in [7, 11) is 0. The van der Waals surface area contributed by atoms with Gasteiger partial charge in [-0.05, 0) is 262 Å². The molecule has 10 aromatic rings. The second-order valence-electron chi connectivity index (χ2n) is 37.3. The van der Waals surface area contributed by atoms with Crippen LogP contribution in [0.3, 0.4) is 0 Å². The van der Waals surface area contributed by atoms with Crippen molar-refractivity contribution in [1.29, 1.82) is 0 Å². The Morgan fingerprint density at radius 1 is 0.397 bits per heavy atom. The van der Waals surface area contributed by atoms with Crippen molar-refractivity contribution in [2.45, 2.75) is 167 Å². The minimum Gasteiger partial charge on any atom is -0.482 e. The molecule has 0 aliphatic carbocycles. The van der Waals surface area contributed by atoms with Gasteiger partial charge in [-0.25, -0.2) is 19.2 Å². The number of amides is 3. The van der Waals surface area contributed by atoms with E-state index in [0.29, 0.717) is 112 Å². The molecule has 4 spiro atoms. The molecule has 4 fully saturated rings. The van der Waals surface area contributed by atoms with Gasteiger partial charge in [0.2, 0.25) is 23.4 Å². The molecule has 0 unspecified atom stereocenters. The highest BCUT2D eigenvalue weighted by molar-refractivity contribution is 5.98. The Hall–Kier alpha value is -17.1. The smallest absolute Gasteiger partial charge is 0.410 e. The van der Waals surface area contributed by atoms with Crippen LogP contribution in [-0.2, 0) is 14.2 Å². The zero-order valence-electron chi connectivity index (χ0n) is 81.0. The van der Waals surface area contributed by atoms with E-state index in [-0.39, 0.29) is 29.7 Å². The van der Waals surface area contributed by atoms with Gasteiger partial charge in [0.15, 0.2) is 11.5 Å². The lowest BCUT2D eigenvalue weighted by Crippen LogP contribution is -2.50. The fourth-order valence-electron chi connectivity index (χ4n) is 16.9. The quantitative estimate of drug-likeness (QED) is 0.0254. The third kappa shape index (κ3) is 26.4. The standard InChI is InChI=1S/C27H29N3O4.C25H29N3O4.C25H26N2O3.C22H21N3O2.C18H4/c1-18-28-24(29-34-18)20-11-9-19(10-12-20)22-17-27(32-23-8-6-5-7-21(22)23)13-15-30(16-14-27)25(31)33-26(2,3)4;1-24(2,3)32-23(29)28-14-12-25(13-15-28)16-20(19-6-4-5-7-21(19)31-25)17-8-10-18(11-9-17)22(26)27-30;1-24(2,3)30-23(28)27-15-13-25(14-16-27)17-21(18-9-11-19(26-4)12-10-18)20-7-5-6-8-22(20)29-25;1-15-24-21(25-27-15)17-8-6-16(7-9-17)19-14-22(10-12-23-13-11-22)26-20-5-3-2-4-18(19)20;1-3-5-7-9-11-13-15-17-18-16-14-12-10-8-6-4-2/h5-12,17H,13-16H2,1-4H3;4-11,16,30H,12-15H2,1-3H3,(H2,26,27);5-12,17H,13-16H2,1-3H3;2-9,14,23H,10-13H2,1H3;1-2H2. The van der Waals surface area contributed by atoms with Crippen LogP contribution in [0.4, 0.5) is 20.1 Å². The molecule has 0 atom stereocenters. The van der Waals surface area contributed by atoms with Gasteiger partial charge >= 0.3 is 18.3 Å². The molecule has 8 aliphatic rings. The molecular formula is C117H109N11O13. The number of nitrogens with zero attached hydrogens (tertiary/aromatic N) is 9. The summed E-state index contributed by atoms with van der Waals surface area (Å²) in [6, 6.07) is 64.3. The van der Waals surface area contributed by atoms with E-state index in [1.54, 1.807) is 28.5 Å². The summed E-state index contributed by atoms with van der Waals surface area (Å²) in [6.45, 7) is 39.7. The maximum atomic E-state index is 12.6. The molecule has 24 nitrogen and oxygen atoms in total. The fraction of sp³-hybridized carbons (Fsp3) is 0.291. The maximum absolute atomic E-state index is 12.6. The highest BCUT2D eigenvalue weighted by Crippen LogP contribution is 2.49. The Kier molecular flexibility index (Phi) is 31.8. The number of hydrogen-bond donors (Lipinski definition) is 3. The van der Waals surface area contributed by atoms with Gasteiger partial charge in [0.1, 0.15) is 62.2 Å². The van der Waals surface area contributed by atoms with Crippen LogP contribution in [0.1, 0.15) is 176 Å². The first kappa shape index (κ1) is 99.9. The third-order valence-corrected chi connectivity index (χ3v) is 23.7. The number of ether oxygens (including phenoxy) is 7. The summed E-state index contributed by atoms with van der Waals surface area (Å²) in [5.74, 6) is 5.91. The lowest BCUT2D eigenvalue weighted by atomic mass is 9.83. The summed E-state index contributed by atoms with van der Waals surface area (Å²) in [5, 5.41) is 23.4. The number of hydrogen-bond acceptors (Lipinski definition) is 19. The number of para-hydroxylation sites is 4. The van der Waals surface area contributed by atoms with Crippen molar-refractivity contribution in [2.24, 2.45) is 10.9 Å². The number of nitrogens with one attached hydrogen (secondary N) is 1. The van der Waals surface area contributed by atoms with E-state index >= 15 is 0 Å². The second-order valence-corrected chi connectivity index (χ2v) is 37.3. The van der Waals surface area contributed by atoms with Gasteiger partial charge in [-0.3, -0.25) is 0 Å². The number of oxime groups is 1. The Morgan fingerprint density at radius 3 is 0.908 bits per heavy atom. The number of likely N-dealkylation sites (tertiary alicyclic amines) is 3. The van der Waals surface area contributed by atoms with E-state index in [0.717, 1.165) is 116 Å². The molecule has 4 saturated heterocycles. The first-order valence-electron chi connectivity index (χ1n) is 46.5. The molecule has 3 amide bonds. The minimum atomic E-state index is -0.518. The van der Waals surface area contributed by atoms with Gasteiger partial charge in [-0.1, -0.05) is 197 Å². The monoisotopic (exact) mass is 1880 g/mol. The van der Waals surface area contributed by atoms with Crippen LogP contribution in [0.25, 0.3) is 49.9 Å². The number of amidine groups is 1. The number of benzene rings is 8. The van der Waals surface area contributed by atoms with E-state index in [2.05, 4.69) is 219 Å². The van der Waals surface area contributed by atoms with Crippen molar-refractivity contribution < 1.29 is 61.8 Å². The molecule has 141 heavy (non-hydrogen) atoms. The zero-order chi connectivity index (χ0) is 99.8. The van der Waals surface area contributed by atoms with Crippen molar-refractivity contribution in [3.63, 3.8) is 0 Å². The van der Waals surface area contributed by atoms with Crippen LogP contribution in [0.2, 0.25) is 0 Å². The van der Waals surface area contributed by atoms with Crippen molar-refractivity contribution >= 4 is 52.1 Å². The van der Waals surface area contributed by atoms with Gasteiger partial charge in [0.05, 0.1) is 6.57 Å². The van der Waals surface area contributed by atoms with E-state index in [1.165, 1.54) is 11.1 Å². The number of aryl methyl sites for hydroxylation is 2. The molecule has 4 N–H and O–H groups in total. The lowest BCUT2D eigenvalue weighted by Gasteiger charge is -2.43. The first-order valence-corrected chi connectivity index (χ1v) is 46.5. The summed E-state index contributed by atoms with van der Waals surface area (Å²) in [6.07, 6.45) is 14.2. The molecule has 24 heteroatoms. The molecule has 0 bridgehead atoms. The normalized spacial score (nSPS) is 15.8. The predicted octanol–water partition coefficient (Wildman–Crippen LogP) is 23.1. The number of aromatic nitrogens is 4. The van der Waals surface area contributed by atoms with Crippen LogP contribution in [0.15, 0.2) is 337 Å². The largest absolute Gasteiger partial charge is 0.482 e. The number of carbonyl (C=O) groups is 3. The fourth-order valence-corrected chi connectivity index (χ4v) is 16.9. The Morgan fingerprint density at radius 2 is 0.652 bits per heavy atom. The molecule has 8 aromatic carbocycles. The van der Waals surface area contributed by atoms with E-state index in [4.69, 9.17) is 59.7 Å². The van der Waals surface area contributed by atoms with Crippen LogP contribution >= 0.6 is 0 Å². The first-order chi connectivity index (χ1) is 67.8. The zero-order valence-corrected chi connectivity index (χ0v) is 81.0. The van der Waals surface area contributed by atoms with Crippen molar-refractivity contribution in [3.05, 3.63) is 397 Å². The average molecular weight is 1880 g/mol. The van der Waals surface area contributed by atoms with Crippen molar-refractivity contribution in [2.75, 3.05) is 52.4 Å². The highest BCUT2D eigenvalue weighted by Gasteiger charge is 2.45. The Bertz CT molecular complexity index is 7130. The molecule has 18 rings (SSSR count). The molecular weight excluding hydrogens is 1770 g/mol. The molecule has 0 saturated carbocycles. The van der Waals surface area contributed by atoms with E-state index in [1.807, 2.05) is 202 Å². The van der Waals surface area contributed by atoms with Gasteiger partial charge in [-0.15, -0.1) is 0 Å². The van der Waals surface area contributed by atoms with Gasteiger partial charge in [0, 0.05) is 143 Å². The maximum Gasteiger partial charge on any atom is 0.410 e. The van der Waals surface area contributed by atoms with E-state index in [9.17, 15) is 14.4 Å². The van der Waals surface area contributed by atoms with Crippen LogP contribution in [-0.4, -0.2) is 156 Å². The number of rotatable bonds is 7. The van der Waals surface area contributed by atoms with Gasteiger partial charge in [0.25, 0.3) is 0 Å². The van der Waals surface area contributed by atoms with Crippen molar-refractivity contribution in [3.8, 4) is 45.8 Å². The van der Waals surface area contributed by atoms with Gasteiger partial charge in [-0.2, -0.15) is 9.97 Å². The van der Waals surface area contributed by atoms with Crippen LogP contribution in [0, 0.1) is 20.4 Å². The number of fused-ring (bicyclic) bond motifs is 4. The Labute approximate surface area is 821 Å². The summed E-state index contributed by atoms with van der Waals surface area (Å²) < 4.78 is 52.8. The van der Waals surface area contributed by atoms with Crippen molar-refractivity contribution in [1.82, 2.24) is 40.3 Å². The second kappa shape index (κ2) is 44.8. The molecule has 8 aliphatic heterocycles. The predicted molar refractivity (Wildman–Crippen MR) is 539 cm³/mol.